The first-order valence-corrected chi connectivity index (χ1v) is 11.4. The highest BCUT2D eigenvalue weighted by molar-refractivity contribution is 5.66. The molecule has 0 unspecified atom stereocenters. The molecule has 0 spiro atoms. The van der Waals surface area contributed by atoms with E-state index in [2.05, 4.69) is 4.90 Å². The van der Waals surface area contributed by atoms with E-state index in [0.717, 1.165) is 25.8 Å². The van der Waals surface area contributed by atoms with Crippen molar-refractivity contribution in [3.63, 3.8) is 0 Å². The van der Waals surface area contributed by atoms with Crippen LogP contribution < -0.4 is 0 Å². The molecule has 0 aromatic heterocycles. The van der Waals surface area contributed by atoms with Gasteiger partial charge >= 0.3 is 5.97 Å². The van der Waals surface area contributed by atoms with Crippen LogP contribution in [0.5, 0.6) is 0 Å². The summed E-state index contributed by atoms with van der Waals surface area (Å²) in [5.74, 6) is -0.669. The van der Waals surface area contributed by atoms with Crippen LogP contribution in [0, 0.1) is 0 Å². The maximum atomic E-state index is 10.4. The monoisotopic (exact) mass is 387 g/mol. The van der Waals surface area contributed by atoms with Crippen molar-refractivity contribution in [2.24, 2.45) is 0 Å². The Morgan fingerprint density at radius 2 is 0.852 bits per heavy atom. The van der Waals surface area contributed by atoms with E-state index in [1.54, 1.807) is 0 Å². The molecule has 0 saturated carbocycles. The van der Waals surface area contributed by atoms with Crippen molar-refractivity contribution in [3.8, 4) is 0 Å². The average molecular weight is 388 g/mol. The lowest BCUT2D eigenvalue weighted by molar-refractivity contribution is -0.137. The van der Waals surface area contributed by atoms with Gasteiger partial charge in [-0.15, -0.1) is 0 Å². The van der Waals surface area contributed by atoms with Crippen molar-refractivity contribution in [2.75, 3.05) is 32.8 Å². The molecular formula is C22H45NO4. The first-order valence-electron chi connectivity index (χ1n) is 11.4. The second kappa shape index (κ2) is 21.6. The molecule has 0 aromatic rings. The Morgan fingerprint density at radius 3 is 1.19 bits per heavy atom. The molecule has 5 nitrogen and oxygen atoms in total. The van der Waals surface area contributed by atoms with Gasteiger partial charge in [-0.1, -0.05) is 83.5 Å². The van der Waals surface area contributed by atoms with E-state index in [1.165, 1.54) is 77.0 Å². The molecule has 3 N–H and O–H groups in total. The number of rotatable bonds is 22. The van der Waals surface area contributed by atoms with Crippen LogP contribution in [0.2, 0.25) is 0 Å². The zero-order valence-corrected chi connectivity index (χ0v) is 17.5. The molecule has 27 heavy (non-hydrogen) atoms. The number of aliphatic hydroxyl groups excluding tert-OH is 2. The number of carboxylic acid groups (broad SMARTS) is 1. The lowest BCUT2D eigenvalue weighted by Crippen LogP contribution is -2.30. The maximum absolute atomic E-state index is 10.4. The zero-order valence-electron chi connectivity index (χ0n) is 17.5. The van der Waals surface area contributed by atoms with Gasteiger partial charge in [-0.2, -0.15) is 0 Å². The second-order valence-electron chi connectivity index (χ2n) is 7.74. The molecule has 0 rings (SSSR count). The SMILES string of the molecule is O=C(O)CCCCCCCCCCCCCCCCCN(CCO)CCO. The molecule has 0 bridgehead atoms. The minimum atomic E-state index is -0.669. The van der Waals surface area contributed by atoms with Crippen LogP contribution in [-0.4, -0.2) is 59.0 Å². The van der Waals surface area contributed by atoms with E-state index in [4.69, 9.17) is 15.3 Å². The number of unbranched alkanes of at least 4 members (excludes halogenated alkanes) is 14. The highest BCUT2D eigenvalue weighted by Gasteiger charge is 2.02. The molecule has 0 radical (unpaired) electrons. The molecule has 0 aliphatic heterocycles. The summed E-state index contributed by atoms with van der Waals surface area (Å²) in [5.41, 5.74) is 0. The van der Waals surface area contributed by atoms with Gasteiger partial charge in [0.25, 0.3) is 0 Å². The summed E-state index contributed by atoms with van der Waals surface area (Å²) in [7, 11) is 0. The molecular weight excluding hydrogens is 342 g/mol. The predicted molar refractivity (Wildman–Crippen MR) is 112 cm³/mol. The summed E-state index contributed by atoms with van der Waals surface area (Å²) in [6.45, 7) is 2.68. The van der Waals surface area contributed by atoms with Gasteiger partial charge in [-0.25, -0.2) is 0 Å². The van der Waals surface area contributed by atoms with Crippen LogP contribution in [0.25, 0.3) is 0 Å². The van der Waals surface area contributed by atoms with Crippen LogP contribution in [0.15, 0.2) is 0 Å². The van der Waals surface area contributed by atoms with Gasteiger partial charge in [-0.05, 0) is 19.4 Å². The molecule has 0 aliphatic carbocycles. The van der Waals surface area contributed by atoms with Crippen molar-refractivity contribution in [3.05, 3.63) is 0 Å². The summed E-state index contributed by atoms with van der Waals surface area (Å²) < 4.78 is 0. The first-order chi connectivity index (χ1) is 13.2. The summed E-state index contributed by atoms with van der Waals surface area (Å²) >= 11 is 0. The zero-order chi connectivity index (χ0) is 20.0. The molecule has 0 saturated heterocycles. The van der Waals surface area contributed by atoms with Crippen LogP contribution >= 0.6 is 0 Å². The van der Waals surface area contributed by atoms with Crippen LogP contribution in [-0.2, 0) is 4.79 Å². The van der Waals surface area contributed by atoms with E-state index in [9.17, 15) is 4.79 Å². The third-order valence-corrected chi connectivity index (χ3v) is 5.20. The van der Waals surface area contributed by atoms with Gasteiger partial charge < -0.3 is 15.3 Å². The molecule has 5 heteroatoms. The summed E-state index contributed by atoms with van der Waals surface area (Å²) in [6.07, 6.45) is 19.1. The molecule has 0 aromatic carbocycles. The lowest BCUT2D eigenvalue weighted by Gasteiger charge is -2.19. The Hall–Kier alpha value is -0.650. The van der Waals surface area contributed by atoms with E-state index in [0.29, 0.717) is 19.5 Å². The topological polar surface area (TPSA) is 81.0 Å². The Balaban J connectivity index is 3.15. The highest BCUT2D eigenvalue weighted by Crippen LogP contribution is 2.13. The van der Waals surface area contributed by atoms with Crippen molar-refractivity contribution in [1.82, 2.24) is 4.90 Å². The van der Waals surface area contributed by atoms with Crippen molar-refractivity contribution < 1.29 is 20.1 Å². The molecule has 0 amide bonds. The molecule has 0 atom stereocenters. The Morgan fingerprint density at radius 1 is 0.519 bits per heavy atom. The summed E-state index contributed by atoms with van der Waals surface area (Å²) in [4.78, 5) is 12.5. The Bertz CT molecular complexity index is 307. The molecule has 162 valence electrons. The number of carbonyl (C=O) groups is 1. The van der Waals surface area contributed by atoms with Crippen molar-refractivity contribution >= 4 is 5.97 Å². The Labute approximate surface area is 167 Å². The fraction of sp³-hybridized carbons (Fsp3) is 0.955. The number of hydrogen-bond acceptors (Lipinski definition) is 4. The fourth-order valence-electron chi connectivity index (χ4n) is 3.53. The normalized spacial score (nSPS) is 11.4. The summed E-state index contributed by atoms with van der Waals surface area (Å²) in [5, 5.41) is 26.5. The van der Waals surface area contributed by atoms with E-state index < -0.39 is 5.97 Å². The second-order valence-corrected chi connectivity index (χ2v) is 7.74. The first kappa shape index (κ1) is 26.4. The molecule has 0 heterocycles. The average Bonchev–Trinajstić information content (AvgIpc) is 2.64. The largest absolute Gasteiger partial charge is 0.481 e. The third kappa shape index (κ3) is 21.5. The standard InChI is InChI=1S/C22H45NO4/c24-20-18-23(19-21-25)17-15-13-11-9-7-5-3-1-2-4-6-8-10-12-14-16-22(26)27/h24-25H,1-21H2,(H,26,27). The van der Waals surface area contributed by atoms with Gasteiger partial charge in [0.05, 0.1) is 13.2 Å². The van der Waals surface area contributed by atoms with Crippen molar-refractivity contribution in [2.45, 2.75) is 103 Å². The lowest BCUT2D eigenvalue weighted by atomic mass is 10.0. The van der Waals surface area contributed by atoms with Gasteiger partial charge in [0.15, 0.2) is 0 Å². The smallest absolute Gasteiger partial charge is 0.303 e. The quantitative estimate of drug-likeness (QED) is 0.237. The van der Waals surface area contributed by atoms with Crippen LogP contribution in [0.1, 0.15) is 103 Å². The number of carboxylic acids is 1. The fourth-order valence-corrected chi connectivity index (χ4v) is 3.53. The third-order valence-electron chi connectivity index (χ3n) is 5.20. The van der Waals surface area contributed by atoms with Gasteiger partial charge in [-0.3, -0.25) is 9.69 Å². The van der Waals surface area contributed by atoms with Gasteiger partial charge in [0.2, 0.25) is 0 Å². The van der Waals surface area contributed by atoms with Crippen molar-refractivity contribution in [1.29, 1.82) is 0 Å². The number of nitrogens with zero attached hydrogens (tertiary/aromatic N) is 1. The number of hydrogen-bond donors (Lipinski definition) is 3. The number of aliphatic hydroxyl groups is 2. The van der Waals surface area contributed by atoms with E-state index >= 15 is 0 Å². The number of aliphatic carboxylic acids is 1. The molecule has 0 aliphatic rings. The highest BCUT2D eigenvalue weighted by atomic mass is 16.4. The Kier molecular flexibility index (Phi) is 21.1. The maximum Gasteiger partial charge on any atom is 0.303 e. The van der Waals surface area contributed by atoms with Gasteiger partial charge in [0.1, 0.15) is 0 Å². The van der Waals surface area contributed by atoms with Crippen LogP contribution in [0.4, 0.5) is 0 Å². The molecule has 0 fully saturated rings. The van der Waals surface area contributed by atoms with Crippen LogP contribution in [0.3, 0.4) is 0 Å². The van der Waals surface area contributed by atoms with E-state index in [-0.39, 0.29) is 13.2 Å². The minimum Gasteiger partial charge on any atom is -0.481 e. The predicted octanol–water partition coefficient (Wildman–Crippen LogP) is 4.60. The minimum absolute atomic E-state index is 0.173. The summed E-state index contributed by atoms with van der Waals surface area (Å²) in [6, 6.07) is 0. The van der Waals surface area contributed by atoms with E-state index in [1.807, 2.05) is 0 Å². The van der Waals surface area contributed by atoms with Gasteiger partial charge in [0, 0.05) is 19.5 Å².